The molecule has 6 amide bonds. The molecule has 0 heterocycles. The molecule has 0 aliphatic carbocycles. The van der Waals surface area contributed by atoms with Crippen molar-refractivity contribution >= 4 is 41.3 Å². The molecule has 1 aromatic rings. The van der Waals surface area contributed by atoms with Crippen LogP contribution < -0.4 is 32.3 Å². The molecule has 1 aromatic carbocycles. The van der Waals surface area contributed by atoms with Gasteiger partial charge in [0.05, 0.1) is 0 Å². The highest BCUT2D eigenvalue weighted by Gasteiger charge is 2.28. The molecule has 2 atom stereocenters. The SMILES string of the molecule is CCC(=O)NCCCCC(=O)N[C@H](C(=O)N[C@@H](CCCNC(N)=O)C(=O)Nc1ccc(COC(C)=O)cc1)C(C)C. The topological polar surface area (TPSA) is 198 Å². The fraction of sp³-hybridized carbons (Fsp3) is 0.571. The molecule has 1 rings (SSSR count). The van der Waals surface area contributed by atoms with Gasteiger partial charge in [-0.05, 0) is 49.3 Å². The zero-order chi connectivity index (χ0) is 30.8. The monoisotopic (exact) mass is 576 g/mol. The van der Waals surface area contributed by atoms with Crippen molar-refractivity contribution in [3.8, 4) is 0 Å². The summed E-state index contributed by atoms with van der Waals surface area (Å²) in [6, 6.07) is 4.17. The highest BCUT2D eigenvalue weighted by atomic mass is 16.5. The van der Waals surface area contributed by atoms with Crippen molar-refractivity contribution in [3.63, 3.8) is 0 Å². The van der Waals surface area contributed by atoms with Crippen LogP contribution in [0.4, 0.5) is 10.5 Å². The number of amides is 6. The predicted octanol–water partition coefficient (Wildman–Crippen LogP) is 1.46. The quantitative estimate of drug-likeness (QED) is 0.112. The van der Waals surface area contributed by atoms with E-state index in [1.54, 1.807) is 45.0 Å². The molecule has 0 saturated heterocycles. The predicted molar refractivity (Wildman–Crippen MR) is 153 cm³/mol. The van der Waals surface area contributed by atoms with Crippen LogP contribution in [0.2, 0.25) is 0 Å². The Balaban J connectivity index is 2.81. The van der Waals surface area contributed by atoms with Gasteiger partial charge in [-0.1, -0.05) is 32.9 Å². The van der Waals surface area contributed by atoms with Crippen LogP contribution in [0.5, 0.6) is 0 Å². The molecule has 0 radical (unpaired) electrons. The number of esters is 1. The number of urea groups is 1. The van der Waals surface area contributed by atoms with Crippen LogP contribution in [-0.2, 0) is 35.3 Å². The minimum Gasteiger partial charge on any atom is -0.461 e. The minimum absolute atomic E-state index is 0.0497. The summed E-state index contributed by atoms with van der Waals surface area (Å²) in [5.41, 5.74) is 6.32. The molecule has 7 N–H and O–H groups in total. The van der Waals surface area contributed by atoms with Crippen LogP contribution in [0.15, 0.2) is 24.3 Å². The summed E-state index contributed by atoms with van der Waals surface area (Å²) in [5, 5.41) is 13.5. The van der Waals surface area contributed by atoms with Gasteiger partial charge in [0.1, 0.15) is 18.7 Å². The second kappa shape index (κ2) is 19.0. The van der Waals surface area contributed by atoms with Crippen LogP contribution in [0, 0.1) is 5.92 Å². The summed E-state index contributed by atoms with van der Waals surface area (Å²) in [6.45, 7) is 7.44. The van der Waals surface area contributed by atoms with Crippen LogP contribution in [-0.4, -0.2) is 60.8 Å². The Labute approximate surface area is 241 Å². The van der Waals surface area contributed by atoms with Crippen molar-refractivity contribution in [2.24, 2.45) is 11.7 Å². The van der Waals surface area contributed by atoms with Crippen molar-refractivity contribution < 1.29 is 33.5 Å². The molecule has 0 aromatic heterocycles. The van der Waals surface area contributed by atoms with Gasteiger partial charge in [-0.3, -0.25) is 24.0 Å². The number of unbranched alkanes of at least 4 members (excludes halogenated alkanes) is 1. The van der Waals surface area contributed by atoms with Crippen molar-refractivity contribution in [1.82, 2.24) is 21.3 Å². The van der Waals surface area contributed by atoms with E-state index in [1.807, 2.05) is 0 Å². The first-order valence-corrected chi connectivity index (χ1v) is 13.9. The molecule has 0 spiro atoms. The van der Waals surface area contributed by atoms with E-state index in [4.69, 9.17) is 10.5 Å². The molecule has 41 heavy (non-hydrogen) atoms. The third-order valence-electron chi connectivity index (χ3n) is 6.00. The van der Waals surface area contributed by atoms with E-state index < -0.39 is 35.9 Å². The Hall–Kier alpha value is -4.16. The van der Waals surface area contributed by atoms with Crippen LogP contribution in [0.1, 0.15) is 71.8 Å². The first kappa shape index (κ1) is 34.9. The largest absolute Gasteiger partial charge is 0.461 e. The van der Waals surface area contributed by atoms with E-state index in [0.29, 0.717) is 37.9 Å². The third kappa shape index (κ3) is 15.3. The Morgan fingerprint density at radius 2 is 1.51 bits per heavy atom. The summed E-state index contributed by atoms with van der Waals surface area (Å²) in [5.74, 6) is -2.00. The Morgan fingerprint density at radius 3 is 2.10 bits per heavy atom. The van der Waals surface area contributed by atoms with Crippen molar-refractivity contribution in [2.75, 3.05) is 18.4 Å². The molecule has 0 bridgehead atoms. The fourth-order valence-corrected chi connectivity index (χ4v) is 3.69. The normalized spacial score (nSPS) is 12.0. The number of benzene rings is 1. The Morgan fingerprint density at radius 1 is 0.854 bits per heavy atom. The number of carbonyl (C=O) groups is 6. The lowest BCUT2D eigenvalue weighted by molar-refractivity contribution is -0.142. The maximum absolute atomic E-state index is 13.2. The molecule has 13 nitrogen and oxygen atoms in total. The summed E-state index contributed by atoms with van der Waals surface area (Å²) < 4.78 is 4.96. The molecular weight excluding hydrogens is 532 g/mol. The first-order valence-electron chi connectivity index (χ1n) is 13.9. The van der Waals surface area contributed by atoms with Gasteiger partial charge in [-0.15, -0.1) is 0 Å². The summed E-state index contributed by atoms with van der Waals surface area (Å²) >= 11 is 0. The Kier molecular flexibility index (Phi) is 16.2. The third-order valence-corrected chi connectivity index (χ3v) is 6.00. The second-order valence-electron chi connectivity index (χ2n) is 9.91. The number of nitrogens with one attached hydrogen (secondary N) is 5. The minimum atomic E-state index is -0.960. The van der Waals surface area contributed by atoms with Crippen LogP contribution in [0.25, 0.3) is 0 Å². The van der Waals surface area contributed by atoms with E-state index in [0.717, 1.165) is 5.56 Å². The van der Waals surface area contributed by atoms with Gasteiger partial charge in [0.25, 0.3) is 0 Å². The van der Waals surface area contributed by atoms with Gasteiger partial charge in [0.2, 0.25) is 23.6 Å². The second-order valence-corrected chi connectivity index (χ2v) is 9.91. The zero-order valence-corrected chi connectivity index (χ0v) is 24.3. The summed E-state index contributed by atoms with van der Waals surface area (Å²) in [7, 11) is 0. The van der Waals surface area contributed by atoms with E-state index in [2.05, 4.69) is 26.6 Å². The van der Waals surface area contributed by atoms with Crippen LogP contribution in [0.3, 0.4) is 0 Å². The van der Waals surface area contributed by atoms with Gasteiger partial charge in [0, 0.05) is 38.5 Å². The molecule has 0 aliphatic rings. The number of hydrogen-bond acceptors (Lipinski definition) is 7. The van der Waals surface area contributed by atoms with Gasteiger partial charge in [-0.2, -0.15) is 0 Å². The van der Waals surface area contributed by atoms with Crippen molar-refractivity contribution in [2.45, 2.75) is 84.9 Å². The first-order chi connectivity index (χ1) is 19.4. The van der Waals surface area contributed by atoms with Crippen molar-refractivity contribution in [3.05, 3.63) is 29.8 Å². The number of ether oxygens (including phenoxy) is 1. The molecule has 13 heteroatoms. The van der Waals surface area contributed by atoms with Crippen LogP contribution >= 0.6 is 0 Å². The number of nitrogens with two attached hydrogens (primary N) is 1. The molecular formula is C28H44N6O7. The molecule has 0 unspecified atom stereocenters. The lowest BCUT2D eigenvalue weighted by Crippen LogP contribution is -2.54. The van der Waals surface area contributed by atoms with E-state index in [9.17, 15) is 28.8 Å². The average molecular weight is 577 g/mol. The lowest BCUT2D eigenvalue weighted by atomic mass is 10.0. The number of carbonyl (C=O) groups excluding carboxylic acids is 6. The van der Waals surface area contributed by atoms with E-state index in [-0.39, 0.29) is 43.7 Å². The van der Waals surface area contributed by atoms with Crippen molar-refractivity contribution in [1.29, 1.82) is 0 Å². The van der Waals surface area contributed by atoms with E-state index >= 15 is 0 Å². The molecule has 0 fully saturated rings. The van der Waals surface area contributed by atoms with E-state index in [1.165, 1.54) is 6.92 Å². The van der Waals surface area contributed by atoms with Gasteiger partial charge in [-0.25, -0.2) is 4.79 Å². The summed E-state index contributed by atoms with van der Waals surface area (Å²) in [4.78, 5) is 72.2. The zero-order valence-electron chi connectivity index (χ0n) is 24.3. The highest BCUT2D eigenvalue weighted by molar-refractivity contribution is 5.98. The fourth-order valence-electron chi connectivity index (χ4n) is 3.69. The number of hydrogen-bond donors (Lipinski definition) is 6. The standard InChI is InChI=1S/C28H44N6O7/c1-5-23(36)30-15-7-6-10-24(37)34-25(18(2)3)27(39)33-22(9-8-16-31-28(29)40)26(38)32-21-13-11-20(12-14-21)17-41-19(4)35/h11-14,18,22,25H,5-10,15-17H2,1-4H3,(H,30,36)(H,32,38)(H,33,39)(H,34,37)(H3,29,31,40)/t22-,25-/m0/s1. The number of anilines is 1. The van der Waals surface area contributed by atoms with Gasteiger partial charge >= 0.3 is 12.0 Å². The maximum atomic E-state index is 13.2. The maximum Gasteiger partial charge on any atom is 0.312 e. The highest BCUT2D eigenvalue weighted by Crippen LogP contribution is 2.13. The lowest BCUT2D eigenvalue weighted by Gasteiger charge is -2.25. The average Bonchev–Trinajstić information content (AvgIpc) is 2.92. The molecule has 228 valence electrons. The Bertz CT molecular complexity index is 1030. The molecule has 0 saturated carbocycles. The smallest absolute Gasteiger partial charge is 0.312 e. The number of rotatable bonds is 18. The molecule has 0 aliphatic heterocycles. The van der Waals surface area contributed by atoms with Gasteiger partial charge in [0.15, 0.2) is 0 Å². The number of primary amides is 1. The van der Waals surface area contributed by atoms with Gasteiger partial charge < -0.3 is 37.1 Å². The summed E-state index contributed by atoms with van der Waals surface area (Å²) in [6.07, 6.45) is 2.31.